The van der Waals surface area contributed by atoms with Gasteiger partial charge in [-0.2, -0.15) is 5.10 Å². The van der Waals surface area contributed by atoms with Crippen LogP contribution in [0.1, 0.15) is 62.4 Å². The minimum atomic E-state index is -0.523. The third kappa shape index (κ3) is 4.59. The summed E-state index contributed by atoms with van der Waals surface area (Å²) in [6, 6.07) is 5.40. The molecule has 0 radical (unpaired) electrons. The van der Waals surface area contributed by atoms with Crippen LogP contribution in [-0.4, -0.2) is 31.4 Å². The molecule has 1 aromatic carbocycles. The first-order valence-corrected chi connectivity index (χ1v) is 8.66. The zero-order valence-corrected chi connectivity index (χ0v) is 15.3. The van der Waals surface area contributed by atoms with Gasteiger partial charge < -0.3 is 9.47 Å². The lowest BCUT2D eigenvalue weighted by Crippen LogP contribution is -2.27. The first kappa shape index (κ1) is 19.0. The Morgan fingerprint density at radius 2 is 1.92 bits per heavy atom. The molecule has 0 saturated heterocycles. The first-order chi connectivity index (χ1) is 11.9. The summed E-state index contributed by atoms with van der Waals surface area (Å²) in [5.41, 5.74) is 4.77. The van der Waals surface area contributed by atoms with Gasteiger partial charge in [-0.25, -0.2) is 4.79 Å². The van der Waals surface area contributed by atoms with E-state index < -0.39 is 11.4 Å². The third-order valence-corrected chi connectivity index (χ3v) is 4.55. The van der Waals surface area contributed by atoms with Crippen molar-refractivity contribution < 1.29 is 19.1 Å². The molecule has 6 nitrogen and oxygen atoms in total. The second-order valence-corrected chi connectivity index (χ2v) is 6.72. The van der Waals surface area contributed by atoms with Crippen molar-refractivity contribution in [1.82, 2.24) is 0 Å². The van der Waals surface area contributed by atoms with E-state index in [2.05, 4.69) is 17.5 Å². The highest BCUT2D eigenvalue weighted by Crippen LogP contribution is 2.30. The Morgan fingerprint density at radius 3 is 2.60 bits per heavy atom. The molecule has 6 heteroatoms. The highest BCUT2D eigenvalue weighted by atomic mass is 16.6. The second-order valence-electron chi connectivity index (χ2n) is 6.72. The number of hydrogen-bond acceptors (Lipinski definition) is 6. The van der Waals surface area contributed by atoms with Crippen molar-refractivity contribution in [2.45, 2.75) is 46.5 Å². The number of hydrogen-bond donors (Lipinski definition) is 1. The van der Waals surface area contributed by atoms with E-state index in [1.165, 1.54) is 0 Å². The summed E-state index contributed by atoms with van der Waals surface area (Å²) in [6.07, 6.45) is 3.50. The molecular weight excluding hydrogens is 320 g/mol. The van der Waals surface area contributed by atoms with Crippen LogP contribution in [0.25, 0.3) is 0 Å². The predicted octanol–water partition coefficient (Wildman–Crippen LogP) is 3.73. The molecule has 1 aliphatic heterocycles. The molecular formula is C19H26N2O4. The molecule has 0 spiro atoms. The van der Waals surface area contributed by atoms with Crippen LogP contribution in [0.3, 0.4) is 0 Å². The van der Waals surface area contributed by atoms with Crippen LogP contribution in [0.4, 0.5) is 5.69 Å². The van der Waals surface area contributed by atoms with Crippen molar-refractivity contribution in [3.63, 3.8) is 0 Å². The fourth-order valence-corrected chi connectivity index (χ4v) is 2.40. The summed E-state index contributed by atoms with van der Waals surface area (Å²) in [6.45, 7) is 7.76. The van der Waals surface area contributed by atoms with Crippen LogP contribution in [0.15, 0.2) is 23.3 Å². The molecule has 0 aliphatic carbocycles. The Morgan fingerprint density at radius 1 is 1.20 bits per heavy atom. The zero-order valence-electron chi connectivity index (χ0n) is 15.3. The number of anilines is 1. The topological polar surface area (TPSA) is 77.0 Å². The Bertz CT molecular complexity index is 667. The summed E-state index contributed by atoms with van der Waals surface area (Å²) in [4.78, 5) is 24.0. The van der Waals surface area contributed by atoms with Crippen LogP contribution in [0.2, 0.25) is 0 Å². The number of esters is 2. The Labute approximate surface area is 148 Å². The van der Waals surface area contributed by atoms with Crippen molar-refractivity contribution in [2.75, 3.05) is 18.6 Å². The normalized spacial score (nSPS) is 15.9. The Balaban J connectivity index is 1.87. The van der Waals surface area contributed by atoms with Crippen molar-refractivity contribution >= 4 is 23.8 Å². The lowest BCUT2D eigenvalue weighted by Gasteiger charge is -2.20. The van der Waals surface area contributed by atoms with Gasteiger partial charge in [-0.1, -0.05) is 19.9 Å². The molecule has 1 heterocycles. The number of rotatable bonds is 7. The Kier molecular flexibility index (Phi) is 6.17. The van der Waals surface area contributed by atoms with Crippen molar-refractivity contribution in [2.24, 2.45) is 10.5 Å². The molecule has 25 heavy (non-hydrogen) atoms. The maximum Gasteiger partial charge on any atom is 0.338 e. The molecule has 136 valence electrons. The average molecular weight is 346 g/mol. The number of carbonyl (C=O) groups is 2. The number of hydrazone groups is 1. The Hall–Kier alpha value is -2.37. The van der Waals surface area contributed by atoms with E-state index >= 15 is 0 Å². The fraction of sp³-hybridized carbons (Fsp3) is 0.526. The summed E-state index contributed by atoms with van der Waals surface area (Å²) in [5, 5.41) is 4.11. The van der Waals surface area contributed by atoms with E-state index in [4.69, 9.17) is 9.47 Å². The molecule has 1 aromatic rings. The molecule has 1 atom stereocenters. The second kappa shape index (κ2) is 8.14. The van der Waals surface area contributed by atoms with Gasteiger partial charge in [-0.05, 0) is 44.4 Å². The molecule has 1 N–H and O–H groups in total. The number of benzene rings is 1. The van der Waals surface area contributed by atoms with E-state index in [9.17, 15) is 9.59 Å². The molecule has 1 aliphatic rings. The number of nitrogens with zero attached hydrogens (tertiary/aromatic N) is 1. The van der Waals surface area contributed by atoms with Crippen LogP contribution in [0.5, 0.6) is 0 Å². The molecule has 0 saturated carbocycles. The SMILES string of the molecule is CCC1C=NNc2cc(C(=O)OCCOC(=O)C(C)(C)CC)ccc21. The lowest BCUT2D eigenvalue weighted by molar-refractivity contribution is -0.155. The minimum absolute atomic E-state index is 0.0324. The quantitative estimate of drug-likeness (QED) is 0.601. The predicted molar refractivity (Wildman–Crippen MR) is 96.9 cm³/mol. The number of carbonyl (C=O) groups excluding carboxylic acids is 2. The molecule has 0 fully saturated rings. The third-order valence-electron chi connectivity index (χ3n) is 4.55. The van der Waals surface area contributed by atoms with Gasteiger partial charge in [0.2, 0.25) is 0 Å². The van der Waals surface area contributed by atoms with E-state index in [1.807, 2.05) is 33.1 Å². The van der Waals surface area contributed by atoms with Gasteiger partial charge in [-0.3, -0.25) is 10.2 Å². The van der Waals surface area contributed by atoms with Gasteiger partial charge in [-0.15, -0.1) is 0 Å². The molecule has 0 bridgehead atoms. The van der Waals surface area contributed by atoms with Crippen LogP contribution in [0, 0.1) is 5.41 Å². The van der Waals surface area contributed by atoms with E-state index in [1.54, 1.807) is 12.1 Å². The van der Waals surface area contributed by atoms with E-state index in [-0.39, 0.29) is 25.1 Å². The first-order valence-electron chi connectivity index (χ1n) is 8.66. The number of fused-ring (bicyclic) bond motifs is 1. The molecule has 2 rings (SSSR count). The highest BCUT2D eigenvalue weighted by molar-refractivity contribution is 5.91. The standard InChI is InChI=1S/C19H26N2O4/c1-5-13-12-20-21-16-11-14(7-8-15(13)16)17(22)24-9-10-25-18(23)19(3,4)6-2/h7-8,11-13,21H,5-6,9-10H2,1-4H3. The monoisotopic (exact) mass is 346 g/mol. The van der Waals surface area contributed by atoms with E-state index in [0.717, 1.165) is 17.7 Å². The number of ether oxygens (including phenoxy) is 2. The fourth-order valence-electron chi connectivity index (χ4n) is 2.40. The zero-order chi connectivity index (χ0) is 18.4. The lowest BCUT2D eigenvalue weighted by atomic mass is 9.91. The van der Waals surface area contributed by atoms with Gasteiger partial charge in [0.15, 0.2) is 0 Å². The van der Waals surface area contributed by atoms with Crippen molar-refractivity contribution in [1.29, 1.82) is 0 Å². The van der Waals surface area contributed by atoms with E-state index in [0.29, 0.717) is 12.0 Å². The van der Waals surface area contributed by atoms with Gasteiger partial charge in [0.1, 0.15) is 13.2 Å². The molecule has 1 unspecified atom stereocenters. The summed E-state index contributed by atoms with van der Waals surface area (Å²) >= 11 is 0. The average Bonchev–Trinajstić information content (AvgIpc) is 2.63. The van der Waals surface area contributed by atoms with Gasteiger partial charge in [0.25, 0.3) is 0 Å². The van der Waals surface area contributed by atoms with Crippen LogP contribution < -0.4 is 5.43 Å². The van der Waals surface area contributed by atoms with Crippen LogP contribution >= 0.6 is 0 Å². The van der Waals surface area contributed by atoms with Crippen molar-refractivity contribution in [3.05, 3.63) is 29.3 Å². The molecule has 0 amide bonds. The van der Waals surface area contributed by atoms with Gasteiger partial charge in [0, 0.05) is 12.1 Å². The van der Waals surface area contributed by atoms with Crippen LogP contribution in [-0.2, 0) is 14.3 Å². The molecule has 0 aromatic heterocycles. The van der Waals surface area contributed by atoms with Gasteiger partial charge in [0.05, 0.1) is 16.7 Å². The van der Waals surface area contributed by atoms with Gasteiger partial charge >= 0.3 is 11.9 Å². The maximum absolute atomic E-state index is 12.2. The number of nitrogens with one attached hydrogen (secondary N) is 1. The van der Waals surface area contributed by atoms with Crippen molar-refractivity contribution in [3.8, 4) is 0 Å². The smallest absolute Gasteiger partial charge is 0.338 e. The summed E-state index contributed by atoms with van der Waals surface area (Å²) < 4.78 is 10.3. The highest BCUT2D eigenvalue weighted by Gasteiger charge is 2.27. The summed E-state index contributed by atoms with van der Waals surface area (Å²) in [7, 11) is 0. The summed E-state index contributed by atoms with van der Waals surface area (Å²) in [5.74, 6) is -0.479. The minimum Gasteiger partial charge on any atom is -0.462 e. The maximum atomic E-state index is 12.2. The largest absolute Gasteiger partial charge is 0.462 e.